The van der Waals surface area contributed by atoms with Crippen LogP contribution in [0.5, 0.6) is 0 Å². The fourth-order valence-electron chi connectivity index (χ4n) is 1.98. The van der Waals surface area contributed by atoms with E-state index in [9.17, 15) is 13.9 Å². The number of aliphatic hydroxyl groups excluding tert-OH is 1. The zero-order valence-corrected chi connectivity index (χ0v) is 15.4. The first-order valence-electron chi connectivity index (χ1n) is 6.82. The van der Waals surface area contributed by atoms with Crippen molar-refractivity contribution in [2.24, 2.45) is 0 Å². The lowest BCUT2D eigenvalue weighted by atomic mass is 10.2. The molecule has 0 radical (unpaired) electrons. The molecule has 2 aromatic rings. The highest BCUT2D eigenvalue weighted by Crippen LogP contribution is 2.34. The molecule has 1 N–H and O–H groups in total. The van der Waals surface area contributed by atoms with E-state index in [-0.39, 0.29) is 17.3 Å². The molecule has 0 aliphatic carbocycles. The van der Waals surface area contributed by atoms with E-state index in [2.05, 4.69) is 22.6 Å². The van der Waals surface area contributed by atoms with Crippen LogP contribution >= 0.6 is 34.2 Å². The second-order valence-electron chi connectivity index (χ2n) is 5.02. The summed E-state index contributed by atoms with van der Waals surface area (Å²) in [5.41, 5.74) is 1.25. The van der Waals surface area contributed by atoms with Crippen molar-refractivity contribution in [1.82, 2.24) is 0 Å². The average molecular weight is 454 g/mol. The molecular weight excluding hydrogens is 439 g/mol. The molecule has 0 spiro atoms. The molecule has 2 rings (SSSR count). The minimum Gasteiger partial charge on any atom is -0.394 e. The first kappa shape index (κ1) is 18.4. The lowest BCUT2D eigenvalue weighted by Gasteiger charge is -2.28. The highest BCUT2D eigenvalue weighted by atomic mass is 127. The smallest absolute Gasteiger partial charge is 0.186 e. The highest BCUT2D eigenvalue weighted by Gasteiger charge is 2.22. The van der Waals surface area contributed by atoms with E-state index in [1.54, 1.807) is 13.0 Å². The molecule has 0 saturated heterocycles. The van der Waals surface area contributed by atoms with Gasteiger partial charge in [0.05, 0.1) is 17.3 Å². The lowest BCUT2D eigenvalue weighted by Crippen LogP contribution is -2.27. The molecule has 0 aliphatic heterocycles. The lowest BCUT2D eigenvalue weighted by molar-refractivity contribution is 0.0239. The second kappa shape index (κ2) is 7.74. The van der Waals surface area contributed by atoms with Crippen molar-refractivity contribution < 1.29 is 18.7 Å². The molecule has 0 aromatic heterocycles. The Hall–Kier alpha value is -0.960. The predicted octanol–water partition coefficient (Wildman–Crippen LogP) is 4.98. The zero-order chi connectivity index (χ0) is 17.1. The zero-order valence-electron chi connectivity index (χ0n) is 12.5. The van der Waals surface area contributed by atoms with Crippen LogP contribution in [0.25, 0.3) is 0 Å². The highest BCUT2D eigenvalue weighted by molar-refractivity contribution is 14.1. The van der Waals surface area contributed by atoms with Gasteiger partial charge < -0.3 is 5.11 Å². The SMILES string of the molecule is Cc1cc(I)ccc1N(OC(C)CO)c1ccc(Cl)c(F)c1F. The van der Waals surface area contributed by atoms with Crippen LogP contribution in [0.15, 0.2) is 30.3 Å². The van der Waals surface area contributed by atoms with Gasteiger partial charge in [0.15, 0.2) is 11.6 Å². The van der Waals surface area contributed by atoms with Crippen LogP contribution in [0.4, 0.5) is 20.2 Å². The Labute approximate surface area is 151 Å². The summed E-state index contributed by atoms with van der Waals surface area (Å²) in [5, 5.41) is 10.1. The number of aliphatic hydroxyl groups is 1. The molecule has 0 bridgehead atoms. The van der Waals surface area contributed by atoms with Crippen molar-refractivity contribution in [3.63, 3.8) is 0 Å². The molecule has 2 aromatic carbocycles. The van der Waals surface area contributed by atoms with E-state index in [0.29, 0.717) is 5.69 Å². The van der Waals surface area contributed by atoms with Gasteiger partial charge in [-0.15, -0.1) is 0 Å². The average Bonchev–Trinajstić information content (AvgIpc) is 2.51. The number of nitrogens with zero attached hydrogens (tertiary/aromatic N) is 1. The first-order valence-corrected chi connectivity index (χ1v) is 8.28. The Bertz CT molecular complexity index is 715. The van der Waals surface area contributed by atoms with Crippen molar-refractivity contribution >= 4 is 45.6 Å². The van der Waals surface area contributed by atoms with Gasteiger partial charge in [0.25, 0.3) is 0 Å². The van der Waals surface area contributed by atoms with E-state index in [1.165, 1.54) is 17.2 Å². The molecule has 0 aliphatic rings. The summed E-state index contributed by atoms with van der Waals surface area (Å²) in [6, 6.07) is 8.06. The van der Waals surface area contributed by atoms with Gasteiger partial charge in [-0.2, -0.15) is 0 Å². The molecule has 23 heavy (non-hydrogen) atoms. The van der Waals surface area contributed by atoms with Crippen LogP contribution in [0.1, 0.15) is 12.5 Å². The summed E-state index contributed by atoms with van der Waals surface area (Å²) < 4.78 is 29.1. The predicted molar refractivity (Wildman–Crippen MR) is 95.0 cm³/mol. The third kappa shape index (κ3) is 4.12. The number of halogens is 4. The van der Waals surface area contributed by atoms with Gasteiger partial charge in [-0.3, -0.25) is 4.84 Å². The molecule has 0 saturated carbocycles. The van der Waals surface area contributed by atoms with Gasteiger partial charge in [-0.05, 0) is 72.3 Å². The maximum absolute atomic E-state index is 14.3. The Morgan fingerprint density at radius 2 is 1.87 bits per heavy atom. The molecule has 1 atom stereocenters. The van der Waals surface area contributed by atoms with Crippen LogP contribution in [-0.4, -0.2) is 17.8 Å². The van der Waals surface area contributed by atoms with E-state index < -0.39 is 17.7 Å². The van der Waals surface area contributed by atoms with E-state index in [0.717, 1.165) is 9.13 Å². The van der Waals surface area contributed by atoms with Crippen LogP contribution in [0.3, 0.4) is 0 Å². The fraction of sp³-hybridized carbons (Fsp3) is 0.250. The summed E-state index contributed by atoms with van der Waals surface area (Å²) >= 11 is 7.76. The second-order valence-corrected chi connectivity index (χ2v) is 6.67. The van der Waals surface area contributed by atoms with Crippen LogP contribution in [-0.2, 0) is 4.84 Å². The monoisotopic (exact) mass is 453 g/mol. The largest absolute Gasteiger partial charge is 0.394 e. The number of hydrogen-bond acceptors (Lipinski definition) is 3. The normalized spacial score (nSPS) is 12.3. The summed E-state index contributed by atoms with van der Waals surface area (Å²) in [6.07, 6.45) is -0.605. The van der Waals surface area contributed by atoms with Gasteiger partial charge in [0.1, 0.15) is 11.8 Å². The van der Waals surface area contributed by atoms with Crippen molar-refractivity contribution in [3.8, 4) is 0 Å². The standard InChI is InChI=1S/C16H15ClF2INO2/c1-9-7-11(20)3-5-13(9)21(23-10(2)8-22)14-6-4-12(17)15(18)16(14)19/h3-7,10,22H,8H2,1-2H3. The van der Waals surface area contributed by atoms with Gasteiger partial charge in [-0.1, -0.05) is 11.6 Å². The number of rotatable bonds is 5. The maximum atomic E-state index is 14.3. The minimum absolute atomic E-state index is 0.114. The molecule has 0 heterocycles. The quantitative estimate of drug-likeness (QED) is 0.394. The van der Waals surface area contributed by atoms with Gasteiger partial charge >= 0.3 is 0 Å². The molecule has 0 amide bonds. The summed E-state index contributed by atoms with van der Waals surface area (Å²) in [6.45, 7) is 3.19. The van der Waals surface area contributed by atoms with Crippen LogP contribution in [0.2, 0.25) is 5.02 Å². The molecule has 3 nitrogen and oxygen atoms in total. The topological polar surface area (TPSA) is 32.7 Å². The van der Waals surface area contributed by atoms with Gasteiger partial charge in [-0.25, -0.2) is 13.8 Å². The number of hydrogen-bond donors (Lipinski definition) is 1. The third-order valence-electron chi connectivity index (χ3n) is 3.15. The maximum Gasteiger partial charge on any atom is 0.186 e. The Kier molecular flexibility index (Phi) is 6.19. The summed E-state index contributed by atoms with van der Waals surface area (Å²) in [4.78, 5) is 5.60. The molecule has 0 fully saturated rings. The van der Waals surface area contributed by atoms with Crippen LogP contribution in [0, 0.1) is 22.1 Å². The molecular formula is C16H15ClF2INO2. The van der Waals surface area contributed by atoms with E-state index in [1.807, 2.05) is 19.1 Å². The first-order chi connectivity index (χ1) is 10.8. The number of aryl methyl sites for hydroxylation is 1. The number of anilines is 2. The molecule has 124 valence electrons. The van der Waals surface area contributed by atoms with Crippen molar-refractivity contribution in [3.05, 3.63) is 56.1 Å². The number of benzene rings is 2. The summed E-state index contributed by atoms with van der Waals surface area (Å²) in [5.74, 6) is -2.25. The van der Waals surface area contributed by atoms with Gasteiger partial charge in [0, 0.05) is 3.57 Å². The Balaban J connectivity index is 2.57. The van der Waals surface area contributed by atoms with Crippen molar-refractivity contribution in [1.29, 1.82) is 0 Å². The minimum atomic E-state index is -1.14. The van der Waals surface area contributed by atoms with E-state index >= 15 is 0 Å². The van der Waals surface area contributed by atoms with Gasteiger partial charge in [0.2, 0.25) is 0 Å². The molecule has 1 unspecified atom stereocenters. The summed E-state index contributed by atoms with van der Waals surface area (Å²) in [7, 11) is 0. The van der Waals surface area contributed by atoms with E-state index in [4.69, 9.17) is 16.4 Å². The Morgan fingerprint density at radius 3 is 2.48 bits per heavy atom. The van der Waals surface area contributed by atoms with Crippen molar-refractivity contribution in [2.75, 3.05) is 11.7 Å². The third-order valence-corrected chi connectivity index (χ3v) is 4.12. The fourth-order valence-corrected chi connectivity index (χ4v) is 2.77. The van der Waals surface area contributed by atoms with Crippen molar-refractivity contribution in [2.45, 2.75) is 20.0 Å². The van der Waals surface area contributed by atoms with Crippen LogP contribution < -0.4 is 5.06 Å². The Morgan fingerprint density at radius 1 is 1.22 bits per heavy atom. The molecule has 7 heteroatoms.